The molecule has 14 heavy (non-hydrogen) atoms. The summed E-state index contributed by atoms with van der Waals surface area (Å²) in [5.74, 6) is 0. The van der Waals surface area contributed by atoms with Gasteiger partial charge in [-0.1, -0.05) is 6.08 Å². The number of hydrogen-bond donors (Lipinski definition) is 2. The average molecular weight is 215 g/mol. The summed E-state index contributed by atoms with van der Waals surface area (Å²) in [4.78, 5) is 2.16. The fourth-order valence-electron chi connectivity index (χ4n) is 0.914. The molecule has 0 radical (unpaired) electrons. The van der Waals surface area contributed by atoms with E-state index in [0.717, 1.165) is 19.5 Å². The summed E-state index contributed by atoms with van der Waals surface area (Å²) in [6, 6.07) is 0.226. The van der Waals surface area contributed by atoms with Gasteiger partial charge >= 0.3 is 0 Å². The van der Waals surface area contributed by atoms with Crippen molar-refractivity contribution >= 4 is 17.3 Å². The molecule has 0 saturated carbocycles. The smallest absolute Gasteiger partial charge is 0.166 e. The molecule has 0 aromatic heterocycles. The first-order valence-corrected chi connectivity index (χ1v) is 5.28. The van der Waals surface area contributed by atoms with Crippen LogP contribution in [0.4, 0.5) is 0 Å². The summed E-state index contributed by atoms with van der Waals surface area (Å²) in [5, 5.41) is 6.96. The monoisotopic (exact) mass is 215 g/mol. The number of thiocarbonyl (C=S) groups is 1. The van der Waals surface area contributed by atoms with E-state index in [4.69, 9.17) is 12.2 Å². The highest BCUT2D eigenvalue weighted by Crippen LogP contribution is 1.83. The second-order valence-electron chi connectivity index (χ2n) is 3.58. The van der Waals surface area contributed by atoms with Crippen LogP contribution < -0.4 is 10.6 Å². The Balaban J connectivity index is 3.40. The molecule has 0 rings (SSSR count). The van der Waals surface area contributed by atoms with Gasteiger partial charge in [-0.25, -0.2) is 0 Å². The van der Waals surface area contributed by atoms with Crippen LogP contribution in [0.1, 0.15) is 13.3 Å². The number of nitrogens with one attached hydrogen (secondary N) is 2. The van der Waals surface area contributed by atoms with E-state index in [-0.39, 0.29) is 6.04 Å². The first-order valence-electron chi connectivity index (χ1n) is 4.88. The first-order chi connectivity index (χ1) is 6.56. The van der Waals surface area contributed by atoms with Crippen LogP contribution in [0, 0.1) is 0 Å². The summed E-state index contributed by atoms with van der Waals surface area (Å²) in [6.45, 7) is 7.68. The molecule has 0 spiro atoms. The third-order valence-electron chi connectivity index (χ3n) is 1.78. The molecule has 0 aromatic rings. The van der Waals surface area contributed by atoms with Crippen molar-refractivity contribution in [2.24, 2.45) is 0 Å². The molecular weight excluding hydrogens is 194 g/mol. The Bertz CT molecular complexity index is 180. The van der Waals surface area contributed by atoms with Crippen molar-refractivity contribution in [1.29, 1.82) is 0 Å². The quantitative estimate of drug-likeness (QED) is 0.392. The Morgan fingerprint density at radius 2 is 2.21 bits per heavy atom. The lowest BCUT2D eigenvalue weighted by Gasteiger charge is -2.14. The SMILES string of the molecule is C=CC(C)NC(=S)NCCCN(C)C. The van der Waals surface area contributed by atoms with Crippen molar-refractivity contribution in [1.82, 2.24) is 15.5 Å². The van der Waals surface area contributed by atoms with Gasteiger partial charge in [0.15, 0.2) is 5.11 Å². The molecule has 1 unspecified atom stereocenters. The summed E-state index contributed by atoms with van der Waals surface area (Å²) in [7, 11) is 4.13. The van der Waals surface area contributed by atoms with Crippen molar-refractivity contribution in [3.63, 3.8) is 0 Å². The van der Waals surface area contributed by atoms with Crippen LogP contribution in [0.2, 0.25) is 0 Å². The largest absolute Gasteiger partial charge is 0.363 e. The lowest BCUT2D eigenvalue weighted by atomic mass is 10.3. The predicted molar refractivity (Wildman–Crippen MR) is 66.6 cm³/mol. The summed E-state index contributed by atoms with van der Waals surface area (Å²) >= 11 is 5.09. The van der Waals surface area contributed by atoms with Crippen molar-refractivity contribution in [3.05, 3.63) is 12.7 Å². The molecule has 2 N–H and O–H groups in total. The Labute approximate surface area is 92.6 Å². The molecule has 82 valence electrons. The van der Waals surface area contributed by atoms with E-state index in [1.165, 1.54) is 0 Å². The van der Waals surface area contributed by atoms with Gasteiger partial charge in [0.25, 0.3) is 0 Å². The van der Waals surface area contributed by atoms with Gasteiger partial charge < -0.3 is 15.5 Å². The van der Waals surface area contributed by atoms with Crippen LogP contribution in [0.15, 0.2) is 12.7 Å². The number of nitrogens with zero attached hydrogens (tertiary/aromatic N) is 1. The molecule has 0 heterocycles. The van der Waals surface area contributed by atoms with Gasteiger partial charge in [0, 0.05) is 12.6 Å². The fraction of sp³-hybridized carbons (Fsp3) is 0.700. The Morgan fingerprint density at radius 3 is 2.71 bits per heavy atom. The second kappa shape index (κ2) is 7.76. The number of rotatable bonds is 6. The van der Waals surface area contributed by atoms with Gasteiger partial charge in [-0.2, -0.15) is 0 Å². The third-order valence-corrected chi connectivity index (χ3v) is 2.04. The van der Waals surface area contributed by atoms with Crippen LogP contribution in [0.5, 0.6) is 0 Å². The van der Waals surface area contributed by atoms with E-state index in [2.05, 4.69) is 36.2 Å². The number of hydrogen-bond acceptors (Lipinski definition) is 2. The Hall–Kier alpha value is -0.610. The molecular formula is C10H21N3S. The molecule has 0 bridgehead atoms. The van der Waals surface area contributed by atoms with Gasteiger partial charge in [0.2, 0.25) is 0 Å². The molecule has 0 aromatic carbocycles. The average Bonchev–Trinajstić information content (AvgIpc) is 2.12. The van der Waals surface area contributed by atoms with Crippen LogP contribution in [-0.4, -0.2) is 43.2 Å². The maximum Gasteiger partial charge on any atom is 0.166 e. The van der Waals surface area contributed by atoms with Crippen LogP contribution in [0.25, 0.3) is 0 Å². The second-order valence-corrected chi connectivity index (χ2v) is 3.99. The van der Waals surface area contributed by atoms with Crippen molar-refractivity contribution in [2.75, 3.05) is 27.2 Å². The molecule has 0 aliphatic carbocycles. The minimum Gasteiger partial charge on any atom is -0.363 e. The topological polar surface area (TPSA) is 27.3 Å². The van der Waals surface area contributed by atoms with E-state index in [1.54, 1.807) is 0 Å². The zero-order valence-corrected chi connectivity index (χ0v) is 10.2. The van der Waals surface area contributed by atoms with Gasteiger partial charge in [-0.15, -0.1) is 6.58 Å². The molecule has 0 fully saturated rings. The van der Waals surface area contributed by atoms with E-state index in [9.17, 15) is 0 Å². The van der Waals surface area contributed by atoms with Crippen LogP contribution in [0.3, 0.4) is 0 Å². The van der Waals surface area contributed by atoms with E-state index >= 15 is 0 Å². The molecule has 0 amide bonds. The van der Waals surface area contributed by atoms with E-state index in [0.29, 0.717) is 5.11 Å². The minimum atomic E-state index is 0.226. The maximum atomic E-state index is 5.09. The van der Waals surface area contributed by atoms with Crippen LogP contribution in [-0.2, 0) is 0 Å². The van der Waals surface area contributed by atoms with Crippen LogP contribution >= 0.6 is 12.2 Å². The summed E-state index contributed by atoms with van der Waals surface area (Å²) < 4.78 is 0. The fourth-order valence-corrected chi connectivity index (χ4v) is 1.20. The molecule has 0 aliphatic heterocycles. The molecule has 4 heteroatoms. The highest BCUT2D eigenvalue weighted by molar-refractivity contribution is 7.80. The zero-order chi connectivity index (χ0) is 11.0. The lowest BCUT2D eigenvalue weighted by Crippen LogP contribution is -2.40. The van der Waals surface area contributed by atoms with Crippen molar-refractivity contribution in [3.8, 4) is 0 Å². The van der Waals surface area contributed by atoms with Crippen molar-refractivity contribution in [2.45, 2.75) is 19.4 Å². The summed E-state index contributed by atoms with van der Waals surface area (Å²) in [6.07, 6.45) is 2.92. The molecule has 0 aliphatic rings. The van der Waals surface area contributed by atoms with E-state index < -0.39 is 0 Å². The zero-order valence-electron chi connectivity index (χ0n) is 9.34. The standard InChI is InChI=1S/C10H21N3S/c1-5-9(2)12-10(14)11-7-6-8-13(3)4/h5,9H,1,6-8H2,2-4H3,(H2,11,12,14). The van der Waals surface area contributed by atoms with Gasteiger partial charge in [0.1, 0.15) is 0 Å². The lowest BCUT2D eigenvalue weighted by molar-refractivity contribution is 0.400. The highest BCUT2D eigenvalue weighted by atomic mass is 32.1. The van der Waals surface area contributed by atoms with Gasteiger partial charge in [-0.3, -0.25) is 0 Å². The summed E-state index contributed by atoms with van der Waals surface area (Å²) in [5.41, 5.74) is 0. The highest BCUT2D eigenvalue weighted by Gasteiger charge is 1.98. The molecule has 3 nitrogen and oxygen atoms in total. The first kappa shape index (κ1) is 13.4. The van der Waals surface area contributed by atoms with Gasteiger partial charge in [-0.05, 0) is 46.2 Å². The molecule has 1 atom stereocenters. The van der Waals surface area contributed by atoms with Gasteiger partial charge in [0.05, 0.1) is 0 Å². The normalized spacial score (nSPS) is 12.3. The molecule has 0 saturated heterocycles. The van der Waals surface area contributed by atoms with Crippen molar-refractivity contribution < 1.29 is 0 Å². The minimum absolute atomic E-state index is 0.226. The Morgan fingerprint density at radius 1 is 1.57 bits per heavy atom. The van der Waals surface area contributed by atoms with E-state index in [1.807, 2.05) is 13.0 Å². The third kappa shape index (κ3) is 8.01. The maximum absolute atomic E-state index is 5.09. The Kier molecular flexibility index (Phi) is 7.42. The predicted octanol–water partition coefficient (Wildman–Crippen LogP) is 0.977.